The largest absolute Gasteiger partial charge is 0.477 e. The molecule has 8 nitrogen and oxygen atoms in total. The van der Waals surface area contributed by atoms with E-state index in [0.29, 0.717) is 19.3 Å². The lowest BCUT2D eigenvalue weighted by molar-refractivity contribution is -0.887. The van der Waals surface area contributed by atoms with E-state index in [-0.39, 0.29) is 36.2 Å². The maximum absolute atomic E-state index is 12.8. The molecule has 0 amide bonds. The topological polar surface area (TPSA) is 99.1 Å². The van der Waals surface area contributed by atoms with Crippen LogP contribution in [0.2, 0.25) is 0 Å². The first-order valence-corrected chi connectivity index (χ1v) is 23.6. The van der Waals surface area contributed by atoms with Crippen molar-refractivity contribution in [3.63, 3.8) is 0 Å². The van der Waals surface area contributed by atoms with Crippen LogP contribution in [0, 0.1) is 0 Å². The monoisotopic (exact) mass is 805 g/mol. The van der Waals surface area contributed by atoms with Gasteiger partial charge in [0, 0.05) is 19.3 Å². The molecule has 0 aromatic heterocycles. The van der Waals surface area contributed by atoms with Crippen LogP contribution in [0.4, 0.5) is 0 Å². The number of rotatable bonds is 42. The van der Waals surface area contributed by atoms with E-state index in [1.54, 1.807) is 0 Å². The third-order valence-electron chi connectivity index (χ3n) is 10.6. The summed E-state index contributed by atoms with van der Waals surface area (Å²) in [5, 5.41) is 9.63. The molecule has 0 aliphatic carbocycles. The number of hydrogen-bond donors (Lipinski definition) is 1. The van der Waals surface area contributed by atoms with E-state index >= 15 is 0 Å². The van der Waals surface area contributed by atoms with Crippen LogP contribution in [0.25, 0.3) is 0 Å². The summed E-state index contributed by atoms with van der Waals surface area (Å²) in [4.78, 5) is 37.0. The summed E-state index contributed by atoms with van der Waals surface area (Å²) in [5.74, 6) is -1.48. The third-order valence-corrected chi connectivity index (χ3v) is 10.6. The Hall–Kier alpha value is -2.45. The van der Waals surface area contributed by atoms with E-state index in [0.717, 1.165) is 64.2 Å². The molecule has 57 heavy (non-hydrogen) atoms. The predicted octanol–water partition coefficient (Wildman–Crippen LogP) is 13.0. The number of carboxylic acid groups (broad SMARTS) is 1. The molecular weight excluding hydrogens is 715 g/mol. The molecule has 332 valence electrons. The molecule has 0 spiro atoms. The van der Waals surface area contributed by atoms with Crippen molar-refractivity contribution in [2.45, 2.75) is 219 Å². The van der Waals surface area contributed by atoms with Crippen molar-refractivity contribution in [3.05, 3.63) is 36.5 Å². The number of quaternary nitrogens is 1. The van der Waals surface area contributed by atoms with Gasteiger partial charge in [0.15, 0.2) is 12.1 Å². The van der Waals surface area contributed by atoms with Gasteiger partial charge >= 0.3 is 17.9 Å². The number of carboxylic acids is 1. The second kappa shape index (κ2) is 40.3. The Labute approximate surface area is 351 Å². The van der Waals surface area contributed by atoms with E-state index in [1.807, 2.05) is 27.2 Å². The van der Waals surface area contributed by atoms with Crippen LogP contribution in [0.1, 0.15) is 206 Å². The molecule has 0 saturated heterocycles. The summed E-state index contributed by atoms with van der Waals surface area (Å²) >= 11 is 0. The number of aliphatic carboxylic acids is 1. The quantitative estimate of drug-likeness (QED) is 0.0284. The van der Waals surface area contributed by atoms with Gasteiger partial charge in [-0.05, 0) is 32.1 Å². The molecule has 0 fully saturated rings. The van der Waals surface area contributed by atoms with Gasteiger partial charge in [-0.15, -0.1) is 0 Å². The lowest BCUT2D eigenvalue weighted by atomic mass is 10.0. The number of hydrogen-bond acceptors (Lipinski definition) is 6. The van der Waals surface area contributed by atoms with Crippen LogP contribution >= 0.6 is 0 Å². The fourth-order valence-corrected chi connectivity index (χ4v) is 6.98. The number of ether oxygens (including phenoxy) is 3. The Kier molecular flexibility index (Phi) is 38.6. The van der Waals surface area contributed by atoms with Crippen molar-refractivity contribution < 1.29 is 38.2 Å². The Bertz CT molecular complexity index is 1030. The zero-order valence-electron chi connectivity index (χ0n) is 37.8. The van der Waals surface area contributed by atoms with Crippen LogP contribution in [0.15, 0.2) is 36.5 Å². The molecule has 2 unspecified atom stereocenters. The SMILES string of the molecule is CC/C=C/C=C/C=C/CCCCCCCC(=O)OCC(COCCC(C(=O)O)[N+](C)(C)C)OC(=O)CCCCCCCCCCCCCCCCCCCCCC. The Morgan fingerprint density at radius 1 is 0.544 bits per heavy atom. The molecule has 0 aliphatic rings. The highest BCUT2D eigenvalue weighted by Crippen LogP contribution is 2.16. The summed E-state index contributed by atoms with van der Waals surface area (Å²) in [7, 11) is 5.53. The molecule has 0 bridgehead atoms. The molecule has 0 radical (unpaired) electrons. The van der Waals surface area contributed by atoms with Gasteiger partial charge < -0.3 is 23.8 Å². The molecule has 0 rings (SSSR count). The van der Waals surface area contributed by atoms with Gasteiger partial charge in [0.1, 0.15) is 6.61 Å². The standard InChI is InChI=1S/C49H89NO7/c1-6-8-10-12-14-16-18-20-21-22-23-24-25-26-28-30-32-34-36-38-40-48(52)57-45(43-55-42-41-46(49(53)54)50(3,4)5)44-56-47(51)39-37-35-33-31-29-27-19-17-15-13-11-9-7-2/h9,11,13,15,17,19,45-46H,6-8,10,12,14,16,18,20-44H2,1-5H3/p+1/b11-9+,15-13+,19-17+. The van der Waals surface area contributed by atoms with Crippen molar-refractivity contribution >= 4 is 17.9 Å². The lowest BCUT2D eigenvalue weighted by Gasteiger charge is -2.31. The first kappa shape index (κ1) is 54.6. The lowest BCUT2D eigenvalue weighted by Crippen LogP contribution is -2.50. The van der Waals surface area contributed by atoms with Gasteiger partial charge in [-0.1, -0.05) is 192 Å². The number of esters is 2. The predicted molar refractivity (Wildman–Crippen MR) is 238 cm³/mol. The van der Waals surface area contributed by atoms with Crippen LogP contribution in [-0.2, 0) is 28.6 Å². The van der Waals surface area contributed by atoms with Crippen LogP contribution < -0.4 is 0 Å². The highest BCUT2D eigenvalue weighted by atomic mass is 16.6. The molecule has 0 aromatic carbocycles. The molecule has 8 heteroatoms. The minimum Gasteiger partial charge on any atom is -0.477 e. The maximum atomic E-state index is 12.8. The van der Waals surface area contributed by atoms with Crippen LogP contribution in [0.3, 0.4) is 0 Å². The van der Waals surface area contributed by atoms with Crippen LogP contribution in [0.5, 0.6) is 0 Å². The first-order valence-electron chi connectivity index (χ1n) is 23.6. The Morgan fingerprint density at radius 2 is 0.982 bits per heavy atom. The second-order valence-corrected chi connectivity index (χ2v) is 17.1. The van der Waals surface area contributed by atoms with E-state index < -0.39 is 18.1 Å². The number of carbonyl (C=O) groups excluding carboxylic acids is 2. The minimum atomic E-state index is -0.877. The highest BCUT2D eigenvalue weighted by Gasteiger charge is 2.31. The van der Waals surface area contributed by atoms with Gasteiger partial charge in [-0.25, -0.2) is 4.79 Å². The second-order valence-electron chi connectivity index (χ2n) is 17.1. The number of allylic oxidation sites excluding steroid dienone is 6. The van der Waals surface area contributed by atoms with Crippen molar-refractivity contribution in [1.82, 2.24) is 0 Å². The highest BCUT2D eigenvalue weighted by molar-refractivity contribution is 5.72. The molecule has 0 saturated carbocycles. The third kappa shape index (κ3) is 38.8. The minimum absolute atomic E-state index is 0.0570. The van der Waals surface area contributed by atoms with Crippen LogP contribution in [-0.4, -0.2) is 80.6 Å². The van der Waals surface area contributed by atoms with E-state index in [2.05, 4.69) is 44.2 Å². The van der Waals surface area contributed by atoms with Gasteiger partial charge in [0.25, 0.3) is 0 Å². The number of unbranched alkanes of at least 4 members (excludes halogenated alkanes) is 24. The molecular formula is C49H90NO7+. The average molecular weight is 805 g/mol. The molecule has 0 aliphatic heterocycles. The van der Waals surface area contributed by atoms with Crippen molar-refractivity contribution in [3.8, 4) is 0 Å². The summed E-state index contributed by atoms with van der Waals surface area (Å²) < 4.78 is 17.3. The summed E-state index contributed by atoms with van der Waals surface area (Å²) in [6.45, 7) is 4.60. The normalized spacial score (nSPS) is 13.2. The summed E-state index contributed by atoms with van der Waals surface area (Å²) in [6, 6.07) is -0.616. The van der Waals surface area contributed by atoms with E-state index in [4.69, 9.17) is 14.2 Å². The zero-order chi connectivity index (χ0) is 42.1. The number of nitrogens with zero attached hydrogens (tertiary/aromatic N) is 1. The van der Waals surface area contributed by atoms with Gasteiger partial charge in [0.05, 0.1) is 34.4 Å². The molecule has 1 N–H and O–H groups in total. The van der Waals surface area contributed by atoms with Gasteiger partial charge in [-0.2, -0.15) is 0 Å². The molecule has 0 heterocycles. The molecule has 0 aromatic rings. The van der Waals surface area contributed by atoms with E-state index in [9.17, 15) is 19.5 Å². The number of carbonyl (C=O) groups is 3. The fraction of sp³-hybridized carbons (Fsp3) is 0.816. The number of likely N-dealkylation sites (N-methyl/N-ethyl adjacent to an activating group) is 1. The smallest absolute Gasteiger partial charge is 0.362 e. The van der Waals surface area contributed by atoms with Crippen molar-refractivity contribution in [1.29, 1.82) is 0 Å². The molecule has 2 atom stereocenters. The van der Waals surface area contributed by atoms with Gasteiger partial charge in [-0.3, -0.25) is 9.59 Å². The van der Waals surface area contributed by atoms with E-state index in [1.165, 1.54) is 109 Å². The van der Waals surface area contributed by atoms with Crippen molar-refractivity contribution in [2.75, 3.05) is 41.0 Å². The fourth-order valence-electron chi connectivity index (χ4n) is 6.98. The summed E-state index contributed by atoms with van der Waals surface area (Å²) in [6.07, 6.45) is 46.2. The first-order chi connectivity index (χ1) is 27.6. The van der Waals surface area contributed by atoms with Gasteiger partial charge in [0.2, 0.25) is 0 Å². The summed E-state index contributed by atoms with van der Waals surface area (Å²) in [5.41, 5.74) is 0. The van der Waals surface area contributed by atoms with Crippen molar-refractivity contribution in [2.24, 2.45) is 0 Å². The maximum Gasteiger partial charge on any atom is 0.362 e. The Balaban J connectivity index is 4.26. The average Bonchev–Trinajstić information content (AvgIpc) is 3.17. The zero-order valence-corrected chi connectivity index (χ0v) is 37.8. The Morgan fingerprint density at radius 3 is 1.44 bits per heavy atom.